The van der Waals surface area contributed by atoms with E-state index in [9.17, 15) is 9.18 Å². The van der Waals surface area contributed by atoms with Gasteiger partial charge in [-0.15, -0.1) is 0 Å². The first-order valence-corrected chi connectivity index (χ1v) is 6.59. The Morgan fingerprint density at radius 2 is 2.21 bits per heavy atom. The van der Waals surface area contributed by atoms with E-state index in [4.69, 9.17) is 0 Å². The molecule has 0 saturated carbocycles. The Bertz CT molecular complexity index is 444. The first-order chi connectivity index (χ1) is 9.06. The van der Waals surface area contributed by atoms with E-state index in [1.807, 2.05) is 13.0 Å². The minimum atomic E-state index is -0.287. The quantitative estimate of drug-likeness (QED) is 0.763. The van der Waals surface area contributed by atoms with Crippen molar-refractivity contribution in [2.24, 2.45) is 0 Å². The number of halogens is 1. The molecule has 1 heterocycles. The van der Waals surface area contributed by atoms with Crippen molar-refractivity contribution in [1.82, 2.24) is 16.0 Å². The highest BCUT2D eigenvalue weighted by Crippen LogP contribution is 2.13. The molecule has 0 spiro atoms. The highest BCUT2D eigenvalue weighted by Gasteiger charge is 2.24. The number of nitrogens with one attached hydrogen (secondary N) is 3. The average molecular weight is 265 g/mol. The zero-order valence-electron chi connectivity index (χ0n) is 11.2. The number of piperazine rings is 1. The smallest absolute Gasteiger partial charge is 0.238 e. The molecule has 1 saturated heterocycles. The molecule has 104 valence electrons. The molecule has 3 unspecified atom stereocenters. The van der Waals surface area contributed by atoms with Crippen LogP contribution in [0.4, 0.5) is 4.39 Å². The van der Waals surface area contributed by atoms with Gasteiger partial charge in [0, 0.05) is 19.1 Å². The van der Waals surface area contributed by atoms with Gasteiger partial charge in [0.2, 0.25) is 5.91 Å². The lowest BCUT2D eigenvalue weighted by atomic mass is 10.1. The second-order valence-electron chi connectivity index (χ2n) is 5.06. The fourth-order valence-corrected chi connectivity index (χ4v) is 2.14. The Labute approximate surface area is 112 Å². The molecule has 0 aromatic heterocycles. The Morgan fingerprint density at radius 3 is 2.84 bits per heavy atom. The Hall–Kier alpha value is -1.46. The van der Waals surface area contributed by atoms with Crippen LogP contribution in [0.25, 0.3) is 0 Å². The van der Waals surface area contributed by atoms with Crippen LogP contribution in [0, 0.1) is 5.82 Å². The maximum Gasteiger partial charge on any atom is 0.238 e. The maximum absolute atomic E-state index is 13.1. The van der Waals surface area contributed by atoms with Crippen LogP contribution in [0.15, 0.2) is 24.3 Å². The normalized spacial score (nSPS) is 24.8. The van der Waals surface area contributed by atoms with Gasteiger partial charge in [-0.1, -0.05) is 12.1 Å². The fourth-order valence-electron chi connectivity index (χ4n) is 2.14. The van der Waals surface area contributed by atoms with Gasteiger partial charge in [0.25, 0.3) is 0 Å². The molecule has 1 amide bonds. The molecule has 0 radical (unpaired) electrons. The van der Waals surface area contributed by atoms with Crippen molar-refractivity contribution in [2.75, 3.05) is 13.1 Å². The number of carbonyl (C=O) groups is 1. The summed E-state index contributed by atoms with van der Waals surface area (Å²) in [5, 5.41) is 9.34. The lowest BCUT2D eigenvalue weighted by Gasteiger charge is -2.29. The van der Waals surface area contributed by atoms with E-state index < -0.39 is 0 Å². The summed E-state index contributed by atoms with van der Waals surface area (Å²) in [5.41, 5.74) is 0.769. The predicted octanol–water partition coefficient (Wildman–Crippen LogP) is 0.953. The van der Waals surface area contributed by atoms with Crippen molar-refractivity contribution in [3.8, 4) is 0 Å². The molecule has 5 heteroatoms. The van der Waals surface area contributed by atoms with Crippen molar-refractivity contribution in [2.45, 2.75) is 32.0 Å². The lowest BCUT2D eigenvalue weighted by molar-refractivity contribution is -0.124. The summed E-state index contributed by atoms with van der Waals surface area (Å²) in [5.74, 6) is -0.346. The summed E-state index contributed by atoms with van der Waals surface area (Å²) in [7, 11) is 0. The molecule has 0 aliphatic carbocycles. The van der Waals surface area contributed by atoms with Crippen molar-refractivity contribution in [1.29, 1.82) is 0 Å². The maximum atomic E-state index is 13.1. The Morgan fingerprint density at radius 1 is 1.42 bits per heavy atom. The van der Waals surface area contributed by atoms with Crippen molar-refractivity contribution in [3.05, 3.63) is 35.6 Å². The molecule has 1 aliphatic heterocycles. The third kappa shape index (κ3) is 3.75. The number of benzene rings is 1. The molecular weight excluding hydrogens is 245 g/mol. The van der Waals surface area contributed by atoms with Gasteiger partial charge >= 0.3 is 0 Å². The molecule has 1 fully saturated rings. The summed E-state index contributed by atoms with van der Waals surface area (Å²) in [4.78, 5) is 12.1. The minimum absolute atomic E-state index is 0.0591. The van der Waals surface area contributed by atoms with Gasteiger partial charge < -0.3 is 16.0 Å². The molecule has 4 nitrogen and oxygen atoms in total. The number of rotatable bonds is 3. The van der Waals surface area contributed by atoms with E-state index in [0.717, 1.165) is 12.1 Å². The Balaban J connectivity index is 1.91. The van der Waals surface area contributed by atoms with E-state index in [1.165, 1.54) is 12.1 Å². The summed E-state index contributed by atoms with van der Waals surface area (Å²) in [6, 6.07) is 6.24. The highest BCUT2D eigenvalue weighted by atomic mass is 19.1. The molecule has 1 aromatic carbocycles. The molecule has 1 aromatic rings. The monoisotopic (exact) mass is 265 g/mol. The summed E-state index contributed by atoms with van der Waals surface area (Å²) < 4.78 is 13.1. The zero-order chi connectivity index (χ0) is 13.8. The Kier molecular flexibility index (Phi) is 4.50. The van der Waals surface area contributed by atoms with E-state index in [2.05, 4.69) is 22.9 Å². The van der Waals surface area contributed by atoms with Crippen LogP contribution in [0.5, 0.6) is 0 Å². The third-order valence-corrected chi connectivity index (χ3v) is 3.36. The first-order valence-electron chi connectivity index (χ1n) is 6.59. The minimum Gasteiger partial charge on any atom is -0.348 e. The average Bonchev–Trinajstić information content (AvgIpc) is 2.39. The van der Waals surface area contributed by atoms with E-state index in [0.29, 0.717) is 12.6 Å². The summed E-state index contributed by atoms with van der Waals surface area (Å²) in [6.07, 6.45) is 0. The van der Waals surface area contributed by atoms with E-state index >= 15 is 0 Å². The topological polar surface area (TPSA) is 53.2 Å². The van der Waals surface area contributed by atoms with Gasteiger partial charge in [0.15, 0.2) is 0 Å². The van der Waals surface area contributed by atoms with E-state index in [1.54, 1.807) is 6.07 Å². The molecule has 19 heavy (non-hydrogen) atoms. The number of carbonyl (C=O) groups excluding carboxylic acids is 1. The molecule has 3 atom stereocenters. The molecule has 0 bridgehead atoms. The fraction of sp³-hybridized carbons (Fsp3) is 0.500. The predicted molar refractivity (Wildman–Crippen MR) is 72.2 cm³/mol. The SMILES string of the molecule is CC1CNC(C(=O)NC(C)c2cccc(F)c2)CN1. The summed E-state index contributed by atoms with van der Waals surface area (Å²) >= 11 is 0. The highest BCUT2D eigenvalue weighted by molar-refractivity contribution is 5.82. The van der Waals surface area contributed by atoms with Gasteiger partial charge in [-0.3, -0.25) is 4.79 Å². The van der Waals surface area contributed by atoms with Gasteiger partial charge in [-0.25, -0.2) is 4.39 Å². The van der Waals surface area contributed by atoms with Crippen LogP contribution in [0.2, 0.25) is 0 Å². The molecule has 3 N–H and O–H groups in total. The summed E-state index contributed by atoms with van der Waals surface area (Å²) in [6.45, 7) is 5.30. The third-order valence-electron chi connectivity index (χ3n) is 3.36. The van der Waals surface area contributed by atoms with Gasteiger partial charge in [0.05, 0.1) is 12.1 Å². The van der Waals surface area contributed by atoms with Gasteiger partial charge in [-0.2, -0.15) is 0 Å². The van der Waals surface area contributed by atoms with Crippen LogP contribution in [-0.4, -0.2) is 31.1 Å². The number of hydrogen-bond donors (Lipinski definition) is 3. The van der Waals surface area contributed by atoms with Crippen LogP contribution >= 0.6 is 0 Å². The number of amides is 1. The van der Waals surface area contributed by atoms with Crippen molar-refractivity contribution in [3.63, 3.8) is 0 Å². The second kappa shape index (κ2) is 6.12. The standard InChI is InChI=1S/C14H20FN3O/c1-9-7-17-13(8-16-9)14(19)18-10(2)11-4-3-5-12(15)6-11/h3-6,9-10,13,16-17H,7-8H2,1-2H3,(H,18,19). The molecular formula is C14H20FN3O. The molecule has 1 aliphatic rings. The van der Waals surface area contributed by atoms with Gasteiger partial charge in [0.1, 0.15) is 5.82 Å². The van der Waals surface area contributed by atoms with Crippen molar-refractivity contribution < 1.29 is 9.18 Å². The van der Waals surface area contributed by atoms with E-state index in [-0.39, 0.29) is 23.8 Å². The number of hydrogen-bond acceptors (Lipinski definition) is 3. The van der Waals surface area contributed by atoms with Crippen molar-refractivity contribution >= 4 is 5.91 Å². The van der Waals surface area contributed by atoms with Crippen LogP contribution in [0.1, 0.15) is 25.5 Å². The zero-order valence-corrected chi connectivity index (χ0v) is 11.2. The largest absolute Gasteiger partial charge is 0.348 e. The molecule has 2 rings (SSSR count). The first kappa shape index (κ1) is 14.0. The second-order valence-corrected chi connectivity index (χ2v) is 5.06. The van der Waals surface area contributed by atoms with Gasteiger partial charge in [-0.05, 0) is 31.5 Å². The van der Waals surface area contributed by atoms with Crippen LogP contribution in [0.3, 0.4) is 0 Å². The van der Waals surface area contributed by atoms with Crippen LogP contribution < -0.4 is 16.0 Å². The van der Waals surface area contributed by atoms with Crippen LogP contribution in [-0.2, 0) is 4.79 Å². The lowest BCUT2D eigenvalue weighted by Crippen LogP contribution is -2.59.